The third-order valence-electron chi connectivity index (χ3n) is 3.96. The van der Waals surface area contributed by atoms with Crippen molar-refractivity contribution in [2.45, 2.75) is 32.3 Å². The fourth-order valence-corrected chi connectivity index (χ4v) is 2.66. The van der Waals surface area contributed by atoms with Crippen LogP contribution >= 0.6 is 0 Å². The summed E-state index contributed by atoms with van der Waals surface area (Å²) in [6, 6.07) is 15.7. The molecule has 0 radical (unpaired) electrons. The fraction of sp³-hybridized carbons (Fsp3) is 0.263. The number of anilines is 1. The molecule has 4 heteroatoms. The second kappa shape index (κ2) is 7.09. The van der Waals surface area contributed by atoms with Gasteiger partial charge in [-0.3, -0.25) is 4.79 Å². The number of oxime groups is 1. The van der Waals surface area contributed by atoms with Crippen molar-refractivity contribution in [2.24, 2.45) is 5.16 Å². The molecule has 23 heavy (non-hydrogen) atoms. The Morgan fingerprint density at radius 2 is 1.96 bits per heavy atom. The molecule has 0 bridgehead atoms. The maximum Gasteiger partial charge on any atom is 0.267 e. The van der Waals surface area contributed by atoms with E-state index in [9.17, 15) is 4.79 Å². The molecular formula is C19H20N2O2. The molecular weight excluding hydrogens is 288 g/mol. The van der Waals surface area contributed by atoms with E-state index in [1.54, 1.807) is 13.1 Å². The fourth-order valence-electron chi connectivity index (χ4n) is 2.66. The summed E-state index contributed by atoms with van der Waals surface area (Å²) < 4.78 is 0. The van der Waals surface area contributed by atoms with Gasteiger partial charge in [-0.05, 0) is 55.0 Å². The van der Waals surface area contributed by atoms with Crippen LogP contribution in [0.5, 0.6) is 0 Å². The SMILES string of the molecule is CC(O/N=C/c1ccccc1)C(=O)Nc1ccc2c(c1)CCC2. The number of carbonyl (C=O) groups is 1. The van der Waals surface area contributed by atoms with E-state index >= 15 is 0 Å². The summed E-state index contributed by atoms with van der Waals surface area (Å²) in [7, 11) is 0. The second-order valence-electron chi connectivity index (χ2n) is 5.72. The number of aryl methyl sites for hydroxylation is 2. The molecule has 0 aromatic heterocycles. The van der Waals surface area contributed by atoms with Crippen LogP contribution in [0.15, 0.2) is 53.7 Å². The lowest BCUT2D eigenvalue weighted by Gasteiger charge is -2.11. The van der Waals surface area contributed by atoms with E-state index in [4.69, 9.17) is 4.84 Å². The molecule has 1 atom stereocenters. The normalized spacial score (nSPS) is 14.5. The van der Waals surface area contributed by atoms with Gasteiger partial charge >= 0.3 is 0 Å². The van der Waals surface area contributed by atoms with Gasteiger partial charge in [-0.1, -0.05) is 41.6 Å². The minimum Gasteiger partial charge on any atom is -0.383 e. The van der Waals surface area contributed by atoms with E-state index in [0.29, 0.717) is 0 Å². The molecule has 1 aliphatic rings. The van der Waals surface area contributed by atoms with E-state index in [-0.39, 0.29) is 5.91 Å². The molecule has 0 saturated heterocycles. The van der Waals surface area contributed by atoms with Gasteiger partial charge in [0.15, 0.2) is 0 Å². The van der Waals surface area contributed by atoms with Crippen LogP contribution in [-0.4, -0.2) is 18.2 Å². The van der Waals surface area contributed by atoms with Crippen LogP contribution < -0.4 is 5.32 Å². The molecule has 3 rings (SSSR count). The number of carbonyl (C=O) groups excluding carboxylic acids is 1. The van der Waals surface area contributed by atoms with Gasteiger partial charge in [-0.2, -0.15) is 0 Å². The molecule has 0 heterocycles. The number of nitrogens with zero attached hydrogens (tertiary/aromatic N) is 1. The molecule has 0 spiro atoms. The summed E-state index contributed by atoms with van der Waals surface area (Å²) in [4.78, 5) is 17.4. The zero-order valence-electron chi connectivity index (χ0n) is 13.2. The lowest BCUT2D eigenvalue weighted by atomic mass is 10.1. The predicted molar refractivity (Wildman–Crippen MR) is 91.7 cm³/mol. The smallest absolute Gasteiger partial charge is 0.267 e. The van der Waals surface area contributed by atoms with Crippen LogP contribution in [0.4, 0.5) is 5.69 Å². The summed E-state index contributed by atoms with van der Waals surface area (Å²) in [5.74, 6) is -0.201. The summed E-state index contributed by atoms with van der Waals surface area (Å²) in [6.07, 6.45) is 4.37. The van der Waals surface area contributed by atoms with Gasteiger partial charge in [0.2, 0.25) is 6.10 Å². The number of hydrogen-bond acceptors (Lipinski definition) is 3. The van der Waals surface area contributed by atoms with Crippen molar-refractivity contribution in [3.63, 3.8) is 0 Å². The van der Waals surface area contributed by atoms with Gasteiger partial charge in [0.25, 0.3) is 5.91 Å². The monoisotopic (exact) mass is 308 g/mol. The topological polar surface area (TPSA) is 50.7 Å². The van der Waals surface area contributed by atoms with Crippen LogP contribution in [0.1, 0.15) is 30.0 Å². The average Bonchev–Trinajstić information content (AvgIpc) is 3.03. The first-order chi connectivity index (χ1) is 11.2. The summed E-state index contributed by atoms with van der Waals surface area (Å²) in [5.41, 5.74) is 4.47. The Bertz CT molecular complexity index is 711. The highest BCUT2D eigenvalue weighted by Crippen LogP contribution is 2.24. The predicted octanol–water partition coefficient (Wildman–Crippen LogP) is 3.55. The van der Waals surface area contributed by atoms with Gasteiger partial charge < -0.3 is 10.2 Å². The largest absolute Gasteiger partial charge is 0.383 e. The number of amides is 1. The van der Waals surface area contributed by atoms with E-state index < -0.39 is 6.10 Å². The third-order valence-corrected chi connectivity index (χ3v) is 3.96. The number of nitrogens with one attached hydrogen (secondary N) is 1. The van der Waals surface area contributed by atoms with E-state index in [1.165, 1.54) is 17.5 Å². The van der Waals surface area contributed by atoms with Crippen LogP contribution in [0, 0.1) is 0 Å². The molecule has 1 aliphatic carbocycles. The maximum atomic E-state index is 12.1. The van der Waals surface area contributed by atoms with Gasteiger partial charge in [-0.15, -0.1) is 0 Å². The minimum absolute atomic E-state index is 0.201. The Kier molecular flexibility index (Phi) is 4.71. The highest BCUT2D eigenvalue weighted by atomic mass is 16.6. The number of benzene rings is 2. The van der Waals surface area contributed by atoms with Crippen LogP contribution in [0.2, 0.25) is 0 Å². The Labute approximate surface area is 136 Å². The lowest BCUT2D eigenvalue weighted by molar-refractivity contribution is -0.126. The Balaban J connectivity index is 1.54. The quantitative estimate of drug-likeness (QED) is 0.678. The van der Waals surface area contributed by atoms with Crippen molar-refractivity contribution in [1.29, 1.82) is 0 Å². The molecule has 4 nitrogen and oxygen atoms in total. The van der Waals surface area contributed by atoms with Gasteiger partial charge in [-0.25, -0.2) is 0 Å². The molecule has 2 aromatic carbocycles. The first-order valence-corrected chi connectivity index (χ1v) is 7.89. The van der Waals surface area contributed by atoms with E-state index in [1.807, 2.05) is 36.4 Å². The van der Waals surface area contributed by atoms with Crippen molar-refractivity contribution in [3.8, 4) is 0 Å². The maximum absolute atomic E-state index is 12.1. The van der Waals surface area contributed by atoms with Crippen LogP contribution in [0.3, 0.4) is 0 Å². The Hall–Kier alpha value is -2.62. The van der Waals surface area contributed by atoms with E-state index in [0.717, 1.165) is 24.1 Å². The molecule has 118 valence electrons. The molecule has 1 unspecified atom stereocenters. The molecule has 0 saturated carbocycles. The van der Waals surface area contributed by atoms with Crippen molar-refractivity contribution >= 4 is 17.8 Å². The molecule has 0 fully saturated rings. The second-order valence-corrected chi connectivity index (χ2v) is 5.72. The first-order valence-electron chi connectivity index (χ1n) is 7.89. The van der Waals surface area contributed by atoms with Crippen molar-refractivity contribution in [1.82, 2.24) is 0 Å². The molecule has 1 N–H and O–H groups in total. The van der Waals surface area contributed by atoms with Crippen molar-refractivity contribution in [2.75, 3.05) is 5.32 Å². The highest BCUT2D eigenvalue weighted by molar-refractivity contribution is 5.94. The van der Waals surface area contributed by atoms with Gasteiger partial charge in [0.05, 0.1) is 6.21 Å². The third kappa shape index (κ3) is 3.97. The van der Waals surface area contributed by atoms with Crippen molar-refractivity contribution in [3.05, 3.63) is 65.2 Å². The van der Waals surface area contributed by atoms with Gasteiger partial charge in [0, 0.05) is 5.69 Å². The summed E-state index contributed by atoms with van der Waals surface area (Å²) >= 11 is 0. The van der Waals surface area contributed by atoms with Crippen molar-refractivity contribution < 1.29 is 9.63 Å². The van der Waals surface area contributed by atoms with E-state index in [2.05, 4.69) is 22.6 Å². The van der Waals surface area contributed by atoms with Crippen LogP contribution in [0.25, 0.3) is 0 Å². The van der Waals surface area contributed by atoms with Gasteiger partial charge in [0.1, 0.15) is 0 Å². The average molecular weight is 308 g/mol. The number of rotatable bonds is 5. The summed E-state index contributed by atoms with van der Waals surface area (Å²) in [6.45, 7) is 1.69. The first kappa shape index (κ1) is 15.3. The zero-order valence-corrected chi connectivity index (χ0v) is 13.2. The number of fused-ring (bicyclic) bond motifs is 1. The highest BCUT2D eigenvalue weighted by Gasteiger charge is 2.16. The molecule has 1 amide bonds. The molecule has 2 aromatic rings. The van der Waals surface area contributed by atoms with Crippen LogP contribution in [-0.2, 0) is 22.5 Å². The number of hydrogen-bond donors (Lipinski definition) is 1. The minimum atomic E-state index is -0.650. The Morgan fingerprint density at radius 1 is 1.17 bits per heavy atom. The summed E-state index contributed by atoms with van der Waals surface area (Å²) in [5, 5.41) is 6.76. The lowest BCUT2D eigenvalue weighted by Crippen LogP contribution is -2.26. The zero-order chi connectivity index (χ0) is 16.1. The molecule has 0 aliphatic heterocycles. The standard InChI is InChI=1S/C19H20N2O2/c1-14(23-20-13-15-6-3-2-4-7-15)19(22)21-18-11-10-16-8-5-9-17(16)12-18/h2-4,6-7,10-14H,5,8-9H2,1H3,(H,21,22)/b20-13+. The Morgan fingerprint density at radius 3 is 2.78 bits per heavy atom.